The summed E-state index contributed by atoms with van der Waals surface area (Å²) >= 11 is 0. The first-order chi connectivity index (χ1) is 11.6. The summed E-state index contributed by atoms with van der Waals surface area (Å²) in [5.41, 5.74) is 1.60. The summed E-state index contributed by atoms with van der Waals surface area (Å²) < 4.78 is 10.5. The molecule has 0 saturated heterocycles. The minimum absolute atomic E-state index is 0.0581. The SMILES string of the molecule is COc1cc(/C=C/C(=O)Nc2cccc(C)n2)ccc1OCC#N. The third-order valence-corrected chi connectivity index (χ3v) is 3.05. The fourth-order valence-corrected chi connectivity index (χ4v) is 1.97. The van der Waals surface area contributed by atoms with Crippen molar-refractivity contribution in [2.45, 2.75) is 6.92 Å². The Balaban J connectivity index is 2.05. The quantitative estimate of drug-likeness (QED) is 0.826. The number of hydrogen-bond donors (Lipinski definition) is 1. The number of carbonyl (C=O) groups is 1. The van der Waals surface area contributed by atoms with Crippen molar-refractivity contribution in [1.29, 1.82) is 5.26 Å². The first kappa shape index (κ1) is 17.0. The number of anilines is 1. The number of hydrogen-bond acceptors (Lipinski definition) is 5. The van der Waals surface area contributed by atoms with E-state index in [4.69, 9.17) is 14.7 Å². The molecule has 0 radical (unpaired) electrons. The Kier molecular flexibility index (Phi) is 5.92. The van der Waals surface area contributed by atoms with Gasteiger partial charge in [0.15, 0.2) is 18.1 Å². The third kappa shape index (κ3) is 4.85. The van der Waals surface area contributed by atoms with Crippen molar-refractivity contribution in [2.24, 2.45) is 0 Å². The van der Waals surface area contributed by atoms with E-state index in [0.29, 0.717) is 17.3 Å². The Bertz CT molecular complexity index is 794. The van der Waals surface area contributed by atoms with Gasteiger partial charge in [-0.15, -0.1) is 0 Å². The number of aromatic nitrogens is 1. The van der Waals surface area contributed by atoms with Gasteiger partial charge in [-0.25, -0.2) is 4.98 Å². The van der Waals surface area contributed by atoms with Gasteiger partial charge in [-0.1, -0.05) is 12.1 Å². The number of aryl methyl sites for hydroxylation is 1. The second kappa shape index (κ2) is 8.34. The molecular formula is C18H17N3O3. The largest absolute Gasteiger partial charge is 0.493 e. The molecule has 1 N–H and O–H groups in total. The van der Waals surface area contributed by atoms with Crippen LogP contribution in [0.3, 0.4) is 0 Å². The summed E-state index contributed by atoms with van der Waals surface area (Å²) in [6.45, 7) is 1.80. The van der Waals surface area contributed by atoms with Gasteiger partial charge in [-0.05, 0) is 42.8 Å². The van der Waals surface area contributed by atoms with Crippen LogP contribution in [0.15, 0.2) is 42.5 Å². The predicted molar refractivity (Wildman–Crippen MR) is 90.7 cm³/mol. The van der Waals surface area contributed by atoms with E-state index in [-0.39, 0.29) is 12.5 Å². The number of nitriles is 1. The number of benzene rings is 1. The van der Waals surface area contributed by atoms with Crippen LogP contribution in [-0.4, -0.2) is 24.6 Å². The molecule has 0 spiro atoms. The van der Waals surface area contributed by atoms with Crippen LogP contribution in [0.5, 0.6) is 11.5 Å². The maximum atomic E-state index is 11.9. The molecule has 122 valence electrons. The Morgan fingerprint density at radius 2 is 2.17 bits per heavy atom. The fourth-order valence-electron chi connectivity index (χ4n) is 1.97. The molecule has 2 aromatic rings. The van der Waals surface area contributed by atoms with Gasteiger partial charge in [-0.2, -0.15) is 5.26 Å². The van der Waals surface area contributed by atoms with Gasteiger partial charge in [0.05, 0.1) is 7.11 Å². The number of nitrogens with one attached hydrogen (secondary N) is 1. The molecule has 0 aliphatic heterocycles. The summed E-state index contributed by atoms with van der Waals surface area (Å²) in [6, 6.07) is 12.5. The lowest BCUT2D eigenvalue weighted by Gasteiger charge is -2.08. The van der Waals surface area contributed by atoms with E-state index in [9.17, 15) is 4.79 Å². The Labute approximate surface area is 140 Å². The van der Waals surface area contributed by atoms with E-state index in [2.05, 4.69) is 10.3 Å². The molecule has 0 aliphatic rings. The lowest BCUT2D eigenvalue weighted by Crippen LogP contribution is -2.09. The first-order valence-electron chi connectivity index (χ1n) is 7.23. The van der Waals surface area contributed by atoms with Crippen LogP contribution in [0.1, 0.15) is 11.3 Å². The number of ether oxygens (including phenoxy) is 2. The Morgan fingerprint density at radius 1 is 1.33 bits per heavy atom. The van der Waals surface area contributed by atoms with Gasteiger partial charge in [0.1, 0.15) is 11.9 Å². The molecule has 24 heavy (non-hydrogen) atoms. The van der Waals surface area contributed by atoms with E-state index < -0.39 is 0 Å². The summed E-state index contributed by atoms with van der Waals surface area (Å²) in [5.74, 6) is 1.19. The fraction of sp³-hybridized carbons (Fsp3) is 0.167. The molecule has 6 nitrogen and oxygen atoms in total. The molecule has 1 heterocycles. The highest BCUT2D eigenvalue weighted by Crippen LogP contribution is 2.28. The normalized spacial score (nSPS) is 10.2. The van der Waals surface area contributed by atoms with Crippen LogP contribution in [0.4, 0.5) is 5.82 Å². The van der Waals surface area contributed by atoms with Crippen molar-refractivity contribution in [2.75, 3.05) is 19.0 Å². The van der Waals surface area contributed by atoms with Crippen LogP contribution < -0.4 is 14.8 Å². The molecule has 0 aliphatic carbocycles. The molecule has 0 unspecified atom stereocenters. The predicted octanol–water partition coefficient (Wildman–Crippen LogP) is 2.95. The highest BCUT2D eigenvalue weighted by Gasteiger charge is 2.05. The molecule has 2 rings (SSSR count). The first-order valence-corrected chi connectivity index (χ1v) is 7.23. The maximum absolute atomic E-state index is 11.9. The average Bonchev–Trinajstić information content (AvgIpc) is 2.58. The lowest BCUT2D eigenvalue weighted by atomic mass is 10.2. The number of amides is 1. The van der Waals surface area contributed by atoms with E-state index in [1.54, 1.807) is 30.3 Å². The minimum atomic E-state index is -0.281. The van der Waals surface area contributed by atoms with Gasteiger partial charge in [0.2, 0.25) is 5.91 Å². The number of carbonyl (C=O) groups excluding carboxylic acids is 1. The van der Waals surface area contributed by atoms with Crippen molar-refractivity contribution in [3.63, 3.8) is 0 Å². The van der Waals surface area contributed by atoms with Gasteiger partial charge < -0.3 is 14.8 Å². The van der Waals surface area contributed by atoms with Crippen molar-refractivity contribution in [1.82, 2.24) is 4.98 Å². The van der Waals surface area contributed by atoms with E-state index in [1.807, 2.05) is 25.1 Å². The van der Waals surface area contributed by atoms with Gasteiger partial charge >= 0.3 is 0 Å². The second-order valence-corrected chi connectivity index (χ2v) is 4.84. The molecule has 6 heteroatoms. The van der Waals surface area contributed by atoms with E-state index in [1.165, 1.54) is 13.2 Å². The summed E-state index contributed by atoms with van der Waals surface area (Å²) in [7, 11) is 1.51. The zero-order valence-corrected chi connectivity index (χ0v) is 13.4. The lowest BCUT2D eigenvalue weighted by molar-refractivity contribution is -0.111. The highest BCUT2D eigenvalue weighted by atomic mass is 16.5. The third-order valence-electron chi connectivity index (χ3n) is 3.05. The summed E-state index contributed by atoms with van der Waals surface area (Å²) in [5, 5.41) is 11.2. The number of nitrogens with zero attached hydrogens (tertiary/aromatic N) is 2. The van der Waals surface area contributed by atoms with E-state index in [0.717, 1.165) is 11.3 Å². The molecule has 0 bridgehead atoms. The van der Waals surface area contributed by atoms with Crippen LogP contribution >= 0.6 is 0 Å². The zero-order chi connectivity index (χ0) is 17.4. The molecular weight excluding hydrogens is 306 g/mol. The van der Waals surface area contributed by atoms with Crippen molar-refractivity contribution < 1.29 is 14.3 Å². The summed E-state index contributed by atoms with van der Waals surface area (Å²) in [4.78, 5) is 16.1. The molecule has 1 aromatic carbocycles. The zero-order valence-electron chi connectivity index (χ0n) is 13.4. The molecule has 0 atom stereocenters. The number of rotatable bonds is 6. The van der Waals surface area contributed by atoms with Crippen LogP contribution in [0.25, 0.3) is 6.08 Å². The summed E-state index contributed by atoms with van der Waals surface area (Å²) in [6.07, 6.45) is 3.07. The molecule has 0 fully saturated rings. The second-order valence-electron chi connectivity index (χ2n) is 4.84. The smallest absolute Gasteiger partial charge is 0.249 e. The van der Waals surface area contributed by atoms with Crippen LogP contribution in [0.2, 0.25) is 0 Å². The van der Waals surface area contributed by atoms with Gasteiger partial charge in [-0.3, -0.25) is 4.79 Å². The molecule has 1 amide bonds. The van der Waals surface area contributed by atoms with Crippen LogP contribution in [-0.2, 0) is 4.79 Å². The maximum Gasteiger partial charge on any atom is 0.249 e. The monoisotopic (exact) mass is 323 g/mol. The van der Waals surface area contributed by atoms with Gasteiger partial charge in [0.25, 0.3) is 0 Å². The van der Waals surface area contributed by atoms with Crippen molar-refractivity contribution in [3.8, 4) is 17.6 Å². The Hall–Kier alpha value is -3.33. The van der Waals surface area contributed by atoms with Crippen molar-refractivity contribution >= 4 is 17.8 Å². The van der Waals surface area contributed by atoms with E-state index >= 15 is 0 Å². The topological polar surface area (TPSA) is 84.2 Å². The van der Waals surface area contributed by atoms with Gasteiger partial charge in [0, 0.05) is 11.8 Å². The molecule has 1 aromatic heterocycles. The number of methoxy groups -OCH3 is 1. The molecule has 0 saturated carbocycles. The minimum Gasteiger partial charge on any atom is -0.493 e. The Morgan fingerprint density at radius 3 is 2.88 bits per heavy atom. The standard InChI is InChI=1S/C18H17N3O3/c1-13-4-3-5-17(20-13)21-18(22)9-7-14-6-8-15(24-11-10-19)16(12-14)23-2/h3-9,12H,11H2,1-2H3,(H,20,21,22)/b9-7+. The van der Waals surface area contributed by atoms with Crippen LogP contribution in [0, 0.1) is 18.3 Å². The number of pyridine rings is 1. The van der Waals surface area contributed by atoms with Crippen molar-refractivity contribution in [3.05, 3.63) is 53.7 Å². The average molecular weight is 323 g/mol. The highest BCUT2D eigenvalue weighted by molar-refractivity contribution is 6.01.